The molecule has 5 heteroatoms. The smallest absolute Gasteiger partial charge is 0.357 e. The van der Waals surface area contributed by atoms with E-state index in [1.165, 1.54) is 22.4 Å². The molecule has 0 unspecified atom stereocenters. The average Bonchev–Trinajstić information content (AvgIpc) is 2.51. The van der Waals surface area contributed by atoms with Crippen LogP contribution >= 0.6 is 11.3 Å². The van der Waals surface area contributed by atoms with Gasteiger partial charge in [-0.15, -0.1) is 11.3 Å². The second kappa shape index (κ2) is 4.76. The first-order valence-corrected chi connectivity index (χ1v) is 5.03. The van der Waals surface area contributed by atoms with Gasteiger partial charge in [0.05, 0.1) is 5.51 Å². The largest absolute Gasteiger partial charge is 0.476 e. The Morgan fingerprint density at radius 2 is 2.43 bits per heavy atom. The molecule has 4 nitrogen and oxygen atoms in total. The molecule has 2 N–H and O–H groups in total. The van der Waals surface area contributed by atoms with Crippen LogP contribution < -0.4 is 5.32 Å². The third kappa shape index (κ3) is 2.85. The van der Waals surface area contributed by atoms with Crippen molar-refractivity contribution < 1.29 is 9.90 Å². The van der Waals surface area contributed by atoms with Crippen molar-refractivity contribution in [2.45, 2.75) is 13.8 Å². The Morgan fingerprint density at radius 1 is 1.71 bits per heavy atom. The molecule has 0 aliphatic rings. The van der Waals surface area contributed by atoms with Gasteiger partial charge in [0.1, 0.15) is 5.00 Å². The molecule has 1 aromatic heterocycles. The normalized spacial score (nSPS) is 9.57. The number of hydrogen-bond acceptors (Lipinski definition) is 4. The number of hydrogen-bond donors (Lipinski definition) is 2. The molecule has 0 radical (unpaired) electrons. The SMILES string of the molecule is CC(C)=CCNc1scnc1C(=O)O. The lowest BCUT2D eigenvalue weighted by Crippen LogP contribution is -2.04. The van der Waals surface area contributed by atoms with Crippen LogP contribution in [0.3, 0.4) is 0 Å². The fourth-order valence-corrected chi connectivity index (χ4v) is 1.55. The molecular weight excluding hydrogens is 200 g/mol. The lowest BCUT2D eigenvalue weighted by Gasteiger charge is -2.00. The highest BCUT2D eigenvalue weighted by Gasteiger charge is 2.11. The van der Waals surface area contributed by atoms with Crippen LogP contribution in [0.4, 0.5) is 5.00 Å². The molecule has 0 aromatic carbocycles. The predicted molar refractivity (Wildman–Crippen MR) is 57.0 cm³/mol. The fourth-order valence-electron chi connectivity index (χ4n) is 0.872. The first-order valence-electron chi connectivity index (χ1n) is 4.15. The van der Waals surface area contributed by atoms with Crippen molar-refractivity contribution in [3.8, 4) is 0 Å². The third-order valence-electron chi connectivity index (χ3n) is 1.54. The van der Waals surface area contributed by atoms with Gasteiger partial charge in [0, 0.05) is 6.54 Å². The van der Waals surface area contributed by atoms with Crippen molar-refractivity contribution in [2.24, 2.45) is 0 Å². The lowest BCUT2D eigenvalue weighted by molar-refractivity contribution is 0.0692. The van der Waals surface area contributed by atoms with Gasteiger partial charge in [-0.1, -0.05) is 11.6 Å². The number of aromatic nitrogens is 1. The van der Waals surface area contributed by atoms with Crippen molar-refractivity contribution >= 4 is 22.3 Å². The van der Waals surface area contributed by atoms with Gasteiger partial charge >= 0.3 is 5.97 Å². The Hall–Kier alpha value is -1.36. The van der Waals surface area contributed by atoms with Gasteiger partial charge < -0.3 is 10.4 Å². The molecule has 0 atom stereocenters. The molecular formula is C9H12N2O2S. The highest BCUT2D eigenvalue weighted by atomic mass is 32.1. The van der Waals surface area contributed by atoms with E-state index in [9.17, 15) is 4.79 Å². The Bertz CT molecular complexity index is 353. The van der Waals surface area contributed by atoms with Gasteiger partial charge in [-0.05, 0) is 13.8 Å². The van der Waals surface area contributed by atoms with Gasteiger partial charge in [0.15, 0.2) is 5.69 Å². The number of carboxylic acid groups (broad SMARTS) is 1. The molecule has 0 aliphatic heterocycles. The molecule has 0 saturated carbocycles. The van der Waals surface area contributed by atoms with E-state index in [-0.39, 0.29) is 5.69 Å². The van der Waals surface area contributed by atoms with Crippen LogP contribution in [-0.2, 0) is 0 Å². The number of carbonyl (C=O) groups is 1. The lowest BCUT2D eigenvalue weighted by atomic mass is 10.3. The molecule has 0 saturated heterocycles. The Kier molecular flexibility index (Phi) is 3.64. The molecule has 0 amide bonds. The van der Waals surface area contributed by atoms with Gasteiger partial charge in [-0.3, -0.25) is 0 Å². The number of nitrogens with zero attached hydrogens (tertiary/aromatic N) is 1. The second-order valence-electron chi connectivity index (χ2n) is 3.00. The van der Waals surface area contributed by atoms with Crippen molar-refractivity contribution in [1.29, 1.82) is 0 Å². The first kappa shape index (κ1) is 10.7. The van der Waals surface area contributed by atoms with Crippen molar-refractivity contribution in [3.63, 3.8) is 0 Å². The summed E-state index contributed by atoms with van der Waals surface area (Å²) < 4.78 is 0. The Balaban J connectivity index is 2.63. The minimum absolute atomic E-state index is 0.0946. The van der Waals surface area contributed by atoms with E-state index in [1.807, 2.05) is 19.9 Å². The third-order valence-corrected chi connectivity index (χ3v) is 2.33. The summed E-state index contributed by atoms with van der Waals surface area (Å²) in [5.41, 5.74) is 2.81. The molecule has 0 bridgehead atoms. The van der Waals surface area contributed by atoms with E-state index in [2.05, 4.69) is 10.3 Å². The van der Waals surface area contributed by atoms with Crippen LogP contribution in [0.2, 0.25) is 0 Å². The van der Waals surface area contributed by atoms with Gasteiger partial charge in [-0.25, -0.2) is 9.78 Å². The zero-order chi connectivity index (χ0) is 10.6. The average molecular weight is 212 g/mol. The molecule has 76 valence electrons. The standard InChI is InChI=1S/C9H12N2O2S/c1-6(2)3-4-10-8-7(9(12)13)11-5-14-8/h3,5,10H,4H2,1-2H3,(H,12,13). The van der Waals surface area contributed by atoms with E-state index >= 15 is 0 Å². The Morgan fingerprint density at radius 3 is 3.00 bits per heavy atom. The van der Waals surface area contributed by atoms with Crippen molar-refractivity contribution in [2.75, 3.05) is 11.9 Å². The number of rotatable bonds is 4. The molecule has 1 rings (SSSR count). The van der Waals surface area contributed by atoms with Crippen LogP contribution in [0.15, 0.2) is 17.2 Å². The first-order chi connectivity index (χ1) is 6.61. The van der Waals surface area contributed by atoms with Crippen LogP contribution in [0.1, 0.15) is 24.3 Å². The highest BCUT2D eigenvalue weighted by Crippen LogP contribution is 2.19. The van der Waals surface area contributed by atoms with Crippen molar-refractivity contribution in [1.82, 2.24) is 4.98 Å². The summed E-state index contributed by atoms with van der Waals surface area (Å²) in [5, 5.41) is 12.4. The van der Waals surface area contributed by atoms with E-state index in [0.717, 1.165) is 0 Å². The quantitative estimate of drug-likeness (QED) is 0.751. The topological polar surface area (TPSA) is 62.2 Å². The maximum Gasteiger partial charge on any atom is 0.357 e. The summed E-state index contributed by atoms with van der Waals surface area (Å²) >= 11 is 1.30. The molecule has 14 heavy (non-hydrogen) atoms. The highest BCUT2D eigenvalue weighted by molar-refractivity contribution is 7.14. The summed E-state index contributed by atoms with van der Waals surface area (Å²) in [7, 11) is 0. The number of aromatic carboxylic acids is 1. The summed E-state index contributed by atoms with van der Waals surface area (Å²) in [5.74, 6) is -0.994. The number of anilines is 1. The molecule has 0 aliphatic carbocycles. The zero-order valence-electron chi connectivity index (χ0n) is 8.07. The zero-order valence-corrected chi connectivity index (χ0v) is 8.89. The number of thiazole rings is 1. The predicted octanol–water partition coefficient (Wildman–Crippen LogP) is 2.22. The summed E-state index contributed by atoms with van der Waals surface area (Å²) in [4.78, 5) is 14.4. The van der Waals surface area contributed by atoms with Gasteiger partial charge in [0.25, 0.3) is 0 Å². The maximum atomic E-state index is 10.7. The van der Waals surface area contributed by atoms with Crippen LogP contribution in [0.5, 0.6) is 0 Å². The van der Waals surface area contributed by atoms with E-state index in [0.29, 0.717) is 11.5 Å². The molecule has 0 fully saturated rings. The second-order valence-corrected chi connectivity index (χ2v) is 3.85. The molecule has 0 spiro atoms. The number of carboxylic acids is 1. The van der Waals surface area contributed by atoms with Crippen molar-refractivity contribution in [3.05, 3.63) is 22.9 Å². The van der Waals surface area contributed by atoms with Gasteiger partial charge in [-0.2, -0.15) is 0 Å². The molecule has 1 heterocycles. The van der Waals surface area contributed by atoms with E-state index in [4.69, 9.17) is 5.11 Å². The fraction of sp³-hybridized carbons (Fsp3) is 0.333. The summed E-state index contributed by atoms with van der Waals surface area (Å²) in [6.45, 7) is 4.61. The number of nitrogens with one attached hydrogen (secondary N) is 1. The minimum Gasteiger partial charge on any atom is -0.476 e. The maximum absolute atomic E-state index is 10.7. The minimum atomic E-state index is -0.994. The summed E-state index contributed by atoms with van der Waals surface area (Å²) in [6.07, 6.45) is 1.99. The number of allylic oxidation sites excluding steroid dienone is 1. The van der Waals surface area contributed by atoms with Crippen LogP contribution in [0.25, 0.3) is 0 Å². The molecule has 1 aromatic rings. The van der Waals surface area contributed by atoms with E-state index in [1.54, 1.807) is 0 Å². The van der Waals surface area contributed by atoms with Crippen LogP contribution in [-0.4, -0.2) is 22.6 Å². The summed E-state index contributed by atoms with van der Waals surface area (Å²) in [6, 6.07) is 0. The van der Waals surface area contributed by atoms with Gasteiger partial charge in [0.2, 0.25) is 0 Å². The van der Waals surface area contributed by atoms with E-state index < -0.39 is 5.97 Å². The Labute approximate surface area is 86.3 Å². The monoisotopic (exact) mass is 212 g/mol. The van der Waals surface area contributed by atoms with Crippen LogP contribution in [0, 0.1) is 0 Å².